The molecule has 3 aromatic rings. The van der Waals surface area contributed by atoms with E-state index >= 15 is 0 Å². The van der Waals surface area contributed by atoms with Gasteiger partial charge in [-0.25, -0.2) is 4.98 Å². The molecule has 0 spiro atoms. The van der Waals surface area contributed by atoms with Gasteiger partial charge in [0.05, 0.1) is 12.8 Å². The van der Waals surface area contributed by atoms with E-state index < -0.39 is 0 Å². The number of carbonyl (C=O) groups is 1. The average molecular weight is 467 g/mol. The van der Waals surface area contributed by atoms with Gasteiger partial charge >= 0.3 is 0 Å². The van der Waals surface area contributed by atoms with Crippen LogP contribution in [0.25, 0.3) is 22.6 Å². The Hall–Kier alpha value is -2.83. The minimum Gasteiger partial charge on any atom is -0.497 e. The lowest BCUT2D eigenvalue weighted by Gasteiger charge is -2.42. The number of methoxy groups -OCH3 is 1. The van der Waals surface area contributed by atoms with Gasteiger partial charge < -0.3 is 14.2 Å². The molecule has 0 bridgehead atoms. The van der Waals surface area contributed by atoms with Crippen molar-refractivity contribution in [2.45, 2.75) is 32.9 Å². The van der Waals surface area contributed by atoms with Crippen molar-refractivity contribution in [3.63, 3.8) is 0 Å². The maximum atomic E-state index is 13.2. The third-order valence-electron chi connectivity index (χ3n) is 6.15. The van der Waals surface area contributed by atoms with Crippen molar-refractivity contribution in [2.75, 3.05) is 33.3 Å². The van der Waals surface area contributed by atoms with Crippen molar-refractivity contribution in [1.82, 2.24) is 19.4 Å². The van der Waals surface area contributed by atoms with Crippen LogP contribution in [0.1, 0.15) is 20.8 Å². The van der Waals surface area contributed by atoms with Gasteiger partial charge in [0.1, 0.15) is 18.1 Å². The second-order valence-electron chi connectivity index (χ2n) is 9.35. The zero-order valence-corrected chi connectivity index (χ0v) is 20.5. The summed E-state index contributed by atoms with van der Waals surface area (Å²) in [5.41, 5.74) is 2.82. The lowest BCUT2D eigenvalue weighted by molar-refractivity contribution is -0.134. The van der Waals surface area contributed by atoms with Crippen molar-refractivity contribution in [1.29, 1.82) is 0 Å². The number of ether oxygens (including phenoxy) is 1. The van der Waals surface area contributed by atoms with Gasteiger partial charge in [0.2, 0.25) is 5.91 Å². The lowest BCUT2D eigenvalue weighted by Crippen LogP contribution is -2.55. The molecule has 1 fully saturated rings. The first kappa shape index (κ1) is 23.3. The molecule has 4 rings (SSSR count). The molecule has 1 aliphatic heterocycles. The summed E-state index contributed by atoms with van der Waals surface area (Å²) in [7, 11) is 1.65. The van der Waals surface area contributed by atoms with Gasteiger partial charge in [-0.1, -0.05) is 23.7 Å². The van der Waals surface area contributed by atoms with Gasteiger partial charge in [0.25, 0.3) is 0 Å². The highest BCUT2D eigenvalue weighted by Crippen LogP contribution is 2.27. The minimum absolute atomic E-state index is 0.110. The normalized spacial score (nSPS) is 15.0. The molecule has 1 aromatic heterocycles. The summed E-state index contributed by atoms with van der Waals surface area (Å²) in [6, 6.07) is 15.3. The number of amides is 1. The van der Waals surface area contributed by atoms with Crippen molar-refractivity contribution >= 4 is 17.5 Å². The molecule has 1 saturated heterocycles. The Kier molecular flexibility index (Phi) is 6.77. The van der Waals surface area contributed by atoms with E-state index in [1.54, 1.807) is 7.11 Å². The Balaban J connectivity index is 1.59. The van der Waals surface area contributed by atoms with Crippen molar-refractivity contribution in [3.8, 4) is 28.4 Å². The summed E-state index contributed by atoms with van der Waals surface area (Å²) < 4.78 is 7.24. The molecule has 0 unspecified atom stereocenters. The second-order valence-corrected chi connectivity index (χ2v) is 9.79. The van der Waals surface area contributed by atoms with Gasteiger partial charge in [-0.05, 0) is 57.2 Å². The number of nitrogens with zero attached hydrogens (tertiary/aromatic N) is 4. The van der Waals surface area contributed by atoms with Crippen molar-refractivity contribution in [3.05, 3.63) is 59.8 Å². The Bertz CT molecular complexity index is 1090. The summed E-state index contributed by atoms with van der Waals surface area (Å²) in [4.78, 5) is 22.5. The molecule has 2 heterocycles. The largest absolute Gasteiger partial charge is 0.497 e. The molecular weight excluding hydrogens is 436 g/mol. The van der Waals surface area contributed by atoms with Crippen LogP contribution in [0.3, 0.4) is 0 Å². The smallest absolute Gasteiger partial charge is 0.242 e. The predicted octanol–water partition coefficient (Wildman–Crippen LogP) is 4.82. The molecule has 1 aliphatic rings. The number of rotatable bonds is 5. The van der Waals surface area contributed by atoms with E-state index in [1.807, 2.05) is 64.2 Å². The number of piperazine rings is 1. The van der Waals surface area contributed by atoms with Gasteiger partial charge in [-0.2, -0.15) is 0 Å². The van der Waals surface area contributed by atoms with E-state index in [0.29, 0.717) is 5.02 Å². The maximum absolute atomic E-state index is 13.2. The van der Waals surface area contributed by atoms with Crippen LogP contribution in [0.2, 0.25) is 5.02 Å². The fraction of sp³-hybridized carbons (Fsp3) is 0.385. The van der Waals surface area contributed by atoms with Crippen LogP contribution in [0.5, 0.6) is 5.75 Å². The molecule has 0 aliphatic carbocycles. The molecule has 6 nitrogen and oxygen atoms in total. The minimum atomic E-state index is 0.110. The fourth-order valence-electron chi connectivity index (χ4n) is 4.14. The van der Waals surface area contributed by atoms with E-state index in [-0.39, 0.29) is 18.0 Å². The van der Waals surface area contributed by atoms with Crippen molar-refractivity contribution in [2.24, 2.45) is 0 Å². The van der Waals surface area contributed by atoms with E-state index in [2.05, 4.69) is 25.7 Å². The summed E-state index contributed by atoms with van der Waals surface area (Å²) in [6.07, 6.45) is 1.95. The Labute approximate surface area is 200 Å². The van der Waals surface area contributed by atoms with Crippen LogP contribution < -0.4 is 4.74 Å². The Morgan fingerprint density at radius 1 is 0.970 bits per heavy atom. The SMILES string of the molecule is COc1ccc(-c2nc(-c3ccc(Cl)cc3)cn2CC(=O)N2CCN(C(C)(C)C)CC2)cc1. The van der Waals surface area contributed by atoms with Crippen LogP contribution >= 0.6 is 11.6 Å². The average Bonchev–Trinajstić information content (AvgIpc) is 3.22. The van der Waals surface area contributed by atoms with E-state index in [4.69, 9.17) is 21.3 Å². The number of benzene rings is 2. The molecule has 0 radical (unpaired) electrons. The molecule has 7 heteroatoms. The first-order valence-corrected chi connectivity index (χ1v) is 11.6. The van der Waals surface area contributed by atoms with E-state index in [9.17, 15) is 4.79 Å². The third kappa shape index (κ3) is 5.40. The quantitative estimate of drug-likeness (QED) is 0.540. The summed E-state index contributed by atoms with van der Waals surface area (Å²) in [5, 5.41) is 0.679. The number of halogens is 1. The predicted molar refractivity (Wildman–Crippen MR) is 133 cm³/mol. The first-order chi connectivity index (χ1) is 15.7. The highest BCUT2D eigenvalue weighted by Gasteiger charge is 2.28. The molecule has 0 N–H and O–H groups in total. The monoisotopic (exact) mass is 466 g/mol. The maximum Gasteiger partial charge on any atom is 0.242 e. The topological polar surface area (TPSA) is 50.6 Å². The molecule has 1 amide bonds. The highest BCUT2D eigenvalue weighted by molar-refractivity contribution is 6.30. The van der Waals surface area contributed by atoms with Crippen LogP contribution in [0.15, 0.2) is 54.7 Å². The number of carbonyl (C=O) groups excluding carboxylic acids is 1. The Morgan fingerprint density at radius 3 is 2.15 bits per heavy atom. The first-order valence-electron chi connectivity index (χ1n) is 11.2. The van der Waals surface area contributed by atoms with Gasteiger partial charge in [0, 0.05) is 54.1 Å². The van der Waals surface area contributed by atoms with Crippen LogP contribution in [-0.4, -0.2) is 64.1 Å². The third-order valence-corrected chi connectivity index (χ3v) is 6.40. The lowest BCUT2D eigenvalue weighted by atomic mass is 10.0. The van der Waals surface area contributed by atoms with Gasteiger partial charge in [0.15, 0.2) is 0 Å². The summed E-state index contributed by atoms with van der Waals surface area (Å²) in [6.45, 7) is 10.2. The highest BCUT2D eigenvalue weighted by atomic mass is 35.5. The Morgan fingerprint density at radius 2 is 1.58 bits per heavy atom. The van der Waals surface area contributed by atoms with Crippen LogP contribution in [-0.2, 0) is 11.3 Å². The number of hydrogen-bond donors (Lipinski definition) is 0. The van der Waals surface area contributed by atoms with E-state index in [0.717, 1.165) is 54.6 Å². The van der Waals surface area contributed by atoms with Gasteiger partial charge in [-0.15, -0.1) is 0 Å². The zero-order valence-electron chi connectivity index (χ0n) is 19.7. The van der Waals surface area contributed by atoms with E-state index in [1.165, 1.54) is 0 Å². The zero-order chi connectivity index (χ0) is 23.6. The van der Waals surface area contributed by atoms with Crippen LogP contribution in [0, 0.1) is 0 Å². The molecule has 2 aromatic carbocycles. The fourth-order valence-corrected chi connectivity index (χ4v) is 4.27. The number of hydrogen-bond acceptors (Lipinski definition) is 4. The molecule has 0 atom stereocenters. The standard InChI is InChI=1S/C26H31ClN4O2/c1-26(2,3)31-15-13-29(14-16-31)24(32)18-30-17-23(19-5-9-21(27)10-6-19)28-25(30)20-7-11-22(33-4)12-8-20/h5-12,17H,13-16,18H2,1-4H3. The number of imidazole rings is 1. The summed E-state index contributed by atoms with van der Waals surface area (Å²) >= 11 is 6.06. The summed E-state index contributed by atoms with van der Waals surface area (Å²) in [5.74, 6) is 1.64. The van der Waals surface area contributed by atoms with Crippen LogP contribution in [0.4, 0.5) is 0 Å². The molecule has 0 saturated carbocycles. The molecule has 33 heavy (non-hydrogen) atoms. The molecule has 174 valence electrons. The molecular formula is C26H31ClN4O2. The van der Waals surface area contributed by atoms with Crippen molar-refractivity contribution < 1.29 is 9.53 Å². The number of aromatic nitrogens is 2. The second kappa shape index (κ2) is 9.57. The van der Waals surface area contributed by atoms with Gasteiger partial charge in [-0.3, -0.25) is 9.69 Å².